The number of benzene rings is 1. The lowest BCUT2D eigenvalue weighted by molar-refractivity contribution is 0.220. The van der Waals surface area contributed by atoms with Crippen LogP contribution in [0.2, 0.25) is 0 Å². The molecule has 112 valence electrons. The summed E-state index contributed by atoms with van der Waals surface area (Å²) in [6, 6.07) is 3.22. The Hall–Kier alpha value is -0.770. The van der Waals surface area contributed by atoms with Gasteiger partial charge in [0.25, 0.3) is 0 Å². The average molecular weight is 343 g/mol. The van der Waals surface area contributed by atoms with E-state index in [0.29, 0.717) is 15.6 Å². The molecule has 0 radical (unpaired) electrons. The Labute approximate surface area is 129 Å². The van der Waals surface area contributed by atoms with Crippen LogP contribution in [0, 0.1) is 17.2 Å². The first-order valence-corrected chi connectivity index (χ1v) is 8.08. The molecule has 1 aromatic carbocycles. The highest BCUT2D eigenvalue weighted by Gasteiger charge is 2.27. The zero-order chi connectivity index (χ0) is 14.9. The number of anilines is 2. The van der Waals surface area contributed by atoms with Crippen molar-refractivity contribution >= 4 is 27.3 Å². The van der Waals surface area contributed by atoms with Crippen LogP contribution in [0.3, 0.4) is 0 Å². The maximum Gasteiger partial charge on any atom is 0.139 e. The summed E-state index contributed by atoms with van der Waals surface area (Å²) >= 11 is 3.25. The molecule has 4 heteroatoms. The van der Waals surface area contributed by atoms with E-state index in [1.54, 1.807) is 0 Å². The highest BCUT2D eigenvalue weighted by Crippen LogP contribution is 2.37. The van der Waals surface area contributed by atoms with Crippen molar-refractivity contribution in [2.45, 2.75) is 40.0 Å². The highest BCUT2D eigenvalue weighted by molar-refractivity contribution is 9.10. The second-order valence-corrected chi connectivity index (χ2v) is 7.66. The number of nitrogens with zero attached hydrogens (tertiary/aromatic N) is 1. The molecule has 1 aromatic rings. The summed E-state index contributed by atoms with van der Waals surface area (Å²) in [7, 11) is 0. The van der Waals surface area contributed by atoms with Gasteiger partial charge in [-0.2, -0.15) is 0 Å². The molecule has 0 spiro atoms. The Morgan fingerprint density at radius 2 is 1.95 bits per heavy atom. The van der Waals surface area contributed by atoms with Crippen molar-refractivity contribution in [2.24, 2.45) is 11.3 Å². The van der Waals surface area contributed by atoms with E-state index in [9.17, 15) is 4.39 Å². The molecule has 1 unspecified atom stereocenters. The Bertz CT molecular complexity index is 482. The second kappa shape index (κ2) is 5.92. The minimum Gasteiger partial charge on any atom is -0.397 e. The summed E-state index contributed by atoms with van der Waals surface area (Å²) in [6.07, 6.45) is 3.58. The predicted octanol–water partition coefficient (Wildman–Crippen LogP) is 4.82. The van der Waals surface area contributed by atoms with Gasteiger partial charge in [0.15, 0.2) is 0 Å². The largest absolute Gasteiger partial charge is 0.397 e. The minimum atomic E-state index is -0.298. The number of rotatable bonds is 1. The lowest BCUT2D eigenvalue weighted by Crippen LogP contribution is -2.26. The molecule has 0 saturated carbocycles. The number of nitrogen functional groups attached to an aromatic ring is 1. The van der Waals surface area contributed by atoms with Gasteiger partial charge in [0.05, 0.1) is 15.8 Å². The fourth-order valence-corrected chi connectivity index (χ4v) is 3.36. The molecule has 0 amide bonds. The zero-order valence-corrected chi connectivity index (χ0v) is 14.1. The van der Waals surface area contributed by atoms with Gasteiger partial charge in [-0.25, -0.2) is 4.39 Å². The van der Waals surface area contributed by atoms with E-state index < -0.39 is 0 Å². The van der Waals surface area contributed by atoms with E-state index in [4.69, 9.17) is 5.73 Å². The molecule has 20 heavy (non-hydrogen) atoms. The van der Waals surface area contributed by atoms with Crippen LogP contribution in [-0.2, 0) is 0 Å². The van der Waals surface area contributed by atoms with E-state index in [1.807, 2.05) is 6.07 Å². The van der Waals surface area contributed by atoms with Gasteiger partial charge in [-0.1, -0.05) is 20.8 Å². The lowest BCUT2D eigenvalue weighted by atomic mass is 9.77. The van der Waals surface area contributed by atoms with Crippen LogP contribution in [-0.4, -0.2) is 13.1 Å². The Morgan fingerprint density at radius 1 is 1.25 bits per heavy atom. The number of nitrogens with two attached hydrogens (primary N) is 1. The van der Waals surface area contributed by atoms with Gasteiger partial charge in [0.1, 0.15) is 5.82 Å². The summed E-state index contributed by atoms with van der Waals surface area (Å²) in [6.45, 7) is 8.93. The minimum absolute atomic E-state index is 0.298. The van der Waals surface area contributed by atoms with E-state index in [-0.39, 0.29) is 5.82 Å². The Morgan fingerprint density at radius 3 is 2.60 bits per heavy atom. The van der Waals surface area contributed by atoms with Crippen LogP contribution in [0.25, 0.3) is 0 Å². The summed E-state index contributed by atoms with van der Waals surface area (Å²) < 4.78 is 14.0. The first-order chi connectivity index (χ1) is 9.29. The third kappa shape index (κ3) is 3.46. The van der Waals surface area contributed by atoms with Crippen LogP contribution in [0.4, 0.5) is 15.8 Å². The molecule has 1 atom stereocenters. The third-order valence-corrected chi connectivity index (χ3v) is 4.97. The zero-order valence-electron chi connectivity index (χ0n) is 12.5. The van der Waals surface area contributed by atoms with Crippen molar-refractivity contribution in [1.29, 1.82) is 0 Å². The van der Waals surface area contributed by atoms with Gasteiger partial charge >= 0.3 is 0 Å². The SMILES string of the molecule is CC(C)(C)C1CCCN(c2cc(Br)c(F)cc2N)CC1. The maximum absolute atomic E-state index is 13.5. The quantitative estimate of drug-likeness (QED) is 0.741. The maximum atomic E-state index is 13.5. The predicted molar refractivity (Wildman–Crippen MR) is 87.5 cm³/mol. The van der Waals surface area contributed by atoms with Gasteiger partial charge < -0.3 is 10.6 Å². The van der Waals surface area contributed by atoms with Gasteiger partial charge in [0.2, 0.25) is 0 Å². The van der Waals surface area contributed by atoms with Crippen LogP contribution in [0.15, 0.2) is 16.6 Å². The van der Waals surface area contributed by atoms with E-state index in [2.05, 4.69) is 41.6 Å². The lowest BCUT2D eigenvalue weighted by Gasteiger charge is -2.30. The molecule has 1 heterocycles. The van der Waals surface area contributed by atoms with Crippen LogP contribution in [0.1, 0.15) is 40.0 Å². The van der Waals surface area contributed by atoms with Crippen molar-refractivity contribution in [3.05, 3.63) is 22.4 Å². The molecule has 1 saturated heterocycles. The molecule has 2 N–H and O–H groups in total. The topological polar surface area (TPSA) is 29.3 Å². The molecule has 0 aliphatic carbocycles. The van der Waals surface area contributed by atoms with Crippen LogP contribution in [0.5, 0.6) is 0 Å². The molecular formula is C16H24BrFN2. The smallest absolute Gasteiger partial charge is 0.139 e. The molecule has 0 bridgehead atoms. The van der Waals surface area contributed by atoms with Crippen LogP contribution < -0.4 is 10.6 Å². The summed E-state index contributed by atoms with van der Waals surface area (Å²) in [4.78, 5) is 2.30. The van der Waals surface area contributed by atoms with Crippen molar-refractivity contribution in [2.75, 3.05) is 23.7 Å². The van der Waals surface area contributed by atoms with Crippen molar-refractivity contribution in [3.63, 3.8) is 0 Å². The Kier molecular flexibility index (Phi) is 4.62. The highest BCUT2D eigenvalue weighted by atomic mass is 79.9. The normalized spacial score (nSPS) is 20.9. The van der Waals surface area contributed by atoms with E-state index >= 15 is 0 Å². The summed E-state index contributed by atoms with van der Waals surface area (Å²) in [5.74, 6) is 0.436. The fourth-order valence-electron chi connectivity index (χ4n) is 3.03. The summed E-state index contributed by atoms with van der Waals surface area (Å²) in [5.41, 5.74) is 7.82. The van der Waals surface area contributed by atoms with Gasteiger partial charge in [-0.15, -0.1) is 0 Å². The molecule has 2 nitrogen and oxygen atoms in total. The molecule has 1 fully saturated rings. The average Bonchev–Trinajstić information content (AvgIpc) is 2.59. The molecule has 1 aliphatic rings. The first-order valence-electron chi connectivity index (χ1n) is 7.28. The van der Waals surface area contributed by atoms with Gasteiger partial charge in [-0.3, -0.25) is 0 Å². The number of hydrogen-bond acceptors (Lipinski definition) is 2. The standard InChI is InChI=1S/C16H24BrFN2/c1-16(2,3)11-5-4-7-20(8-6-11)15-9-12(17)13(18)10-14(15)19/h9-11H,4-8,19H2,1-3H3. The van der Waals surface area contributed by atoms with Gasteiger partial charge in [0, 0.05) is 19.2 Å². The monoisotopic (exact) mass is 342 g/mol. The fraction of sp³-hybridized carbons (Fsp3) is 0.625. The number of halogens is 2. The number of hydrogen-bond donors (Lipinski definition) is 1. The third-order valence-electron chi connectivity index (χ3n) is 4.36. The Balaban J connectivity index is 2.17. The molecule has 0 aromatic heterocycles. The molecule has 1 aliphatic heterocycles. The van der Waals surface area contributed by atoms with E-state index in [1.165, 1.54) is 12.5 Å². The van der Waals surface area contributed by atoms with Crippen molar-refractivity contribution in [3.8, 4) is 0 Å². The van der Waals surface area contributed by atoms with Crippen molar-refractivity contribution in [1.82, 2.24) is 0 Å². The van der Waals surface area contributed by atoms with Crippen LogP contribution >= 0.6 is 15.9 Å². The van der Waals surface area contributed by atoms with E-state index in [0.717, 1.165) is 37.5 Å². The second-order valence-electron chi connectivity index (χ2n) is 6.81. The first kappa shape index (κ1) is 15.6. The molecular weight excluding hydrogens is 319 g/mol. The summed E-state index contributed by atoms with van der Waals surface area (Å²) in [5, 5.41) is 0. The molecule has 2 rings (SSSR count). The van der Waals surface area contributed by atoms with Gasteiger partial charge in [-0.05, 0) is 52.6 Å². The van der Waals surface area contributed by atoms with Crippen molar-refractivity contribution < 1.29 is 4.39 Å².